The normalized spacial score (nSPS) is 22.0. The fourth-order valence-corrected chi connectivity index (χ4v) is 3.08. The van der Waals surface area contributed by atoms with Crippen LogP contribution in [0.3, 0.4) is 0 Å². The Balaban J connectivity index is 2.00. The van der Waals surface area contributed by atoms with Gasteiger partial charge in [0.05, 0.1) is 5.41 Å². The molecular formula is C17H25FN2O. The summed E-state index contributed by atoms with van der Waals surface area (Å²) in [7, 11) is 0. The van der Waals surface area contributed by atoms with Gasteiger partial charge in [-0.2, -0.15) is 0 Å². The number of piperidine rings is 1. The minimum Gasteiger partial charge on any atom is -0.352 e. The van der Waals surface area contributed by atoms with E-state index in [1.54, 1.807) is 13.0 Å². The Kier molecular flexibility index (Phi) is 5.34. The number of nitrogens with one attached hydrogen (secondary N) is 2. The molecule has 1 aliphatic heterocycles. The standard InChI is InChI=1S/C17H25FN2O/c1-3-7-17(8-4-9-19-12-17)16(21)20-11-14-6-5-13(2)15(18)10-14/h5-6,10,19H,3-4,7-9,11-12H2,1-2H3,(H,20,21). The van der Waals surface area contributed by atoms with Gasteiger partial charge in [-0.25, -0.2) is 4.39 Å². The quantitative estimate of drug-likeness (QED) is 0.876. The molecule has 0 aliphatic carbocycles. The first-order valence-electron chi connectivity index (χ1n) is 7.81. The van der Waals surface area contributed by atoms with Gasteiger partial charge in [0.1, 0.15) is 5.82 Å². The molecule has 1 heterocycles. The van der Waals surface area contributed by atoms with E-state index in [1.165, 1.54) is 6.07 Å². The zero-order valence-electron chi connectivity index (χ0n) is 13.0. The summed E-state index contributed by atoms with van der Waals surface area (Å²) in [6, 6.07) is 5.12. The second-order valence-corrected chi connectivity index (χ2v) is 6.08. The third kappa shape index (κ3) is 3.82. The van der Waals surface area contributed by atoms with Crippen LogP contribution in [0.1, 0.15) is 43.7 Å². The first-order chi connectivity index (χ1) is 10.1. The highest BCUT2D eigenvalue weighted by molar-refractivity contribution is 5.83. The third-order valence-electron chi connectivity index (χ3n) is 4.37. The van der Waals surface area contributed by atoms with Gasteiger partial charge in [0.15, 0.2) is 0 Å². The van der Waals surface area contributed by atoms with E-state index in [1.807, 2.05) is 6.07 Å². The minimum atomic E-state index is -0.295. The molecule has 1 aromatic rings. The molecule has 0 spiro atoms. The Morgan fingerprint density at radius 3 is 2.90 bits per heavy atom. The third-order valence-corrected chi connectivity index (χ3v) is 4.37. The van der Waals surface area contributed by atoms with Gasteiger partial charge in [0.25, 0.3) is 0 Å². The Labute approximate surface area is 126 Å². The molecule has 21 heavy (non-hydrogen) atoms. The Morgan fingerprint density at radius 2 is 2.29 bits per heavy atom. The van der Waals surface area contributed by atoms with Crippen LogP contribution in [0.5, 0.6) is 0 Å². The van der Waals surface area contributed by atoms with Crippen molar-refractivity contribution in [2.45, 2.75) is 46.1 Å². The molecule has 4 heteroatoms. The number of hydrogen-bond acceptors (Lipinski definition) is 2. The summed E-state index contributed by atoms with van der Waals surface area (Å²) in [6.07, 6.45) is 3.86. The molecule has 1 amide bonds. The van der Waals surface area contributed by atoms with Crippen molar-refractivity contribution in [1.82, 2.24) is 10.6 Å². The molecule has 0 saturated carbocycles. The molecule has 3 nitrogen and oxygen atoms in total. The summed E-state index contributed by atoms with van der Waals surface area (Å²) in [4.78, 5) is 12.6. The van der Waals surface area contributed by atoms with Crippen molar-refractivity contribution >= 4 is 5.91 Å². The van der Waals surface area contributed by atoms with Gasteiger partial charge in [-0.05, 0) is 49.9 Å². The van der Waals surface area contributed by atoms with E-state index in [9.17, 15) is 9.18 Å². The lowest BCUT2D eigenvalue weighted by Crippen LogP contribution is -2.50. The maximum Gasteiger partial charge on any atom is 0.227 e. The van der Waals surface area contributed by atoms with Crippen LogP contribution >= 0.6 is 0 Å². The average molecular weight is 292 g/mol. The summed E-state index contributed by atoms with van der Waals surface area (Å²) in [6.45, 7) is 5.97. The highest BCUT2D eigenvalue weighted by atomic mass is 19.1. The molecule has 2 N–H and O–H groups in total. The first kappa shape index (κ1) is 16.0. The van der Waals surface area contributed by atoms with E-state index in [2.05, 4.69) is 17.6 Å². The van der Waals surface area contributed by atoms with Gasteiger partial charge in [0, 0.05) is 13.1 Å². The van der Waals surface area contributed by atoms with Gasteiger partial charge < -0.3 is 10.6 Å². The zero-order valence-corrected chi connectivity index (χ0v) is 13.0. The van der Waals surface area contributed by atoms with Crippen molar-refractivity contribution in [3.63, 3.8) is 0 Å². The monoisotopic (exact) mass is 292 g/mol. The number of carbonyl (C=O) groups is 1. The fourth-order valence-electron chi connectivity index (χ4n) is 3.08. The van der Waals surface area contributed by atoms with Crippen LogP contribution in [0.2, 0.25) is 0 Å². The topological polar surface area (TPSA) is 41.1 Å². The van der Waals surface area contributed by atoms with Crippen LogP contribution < -0.4 is 10.6 Å². The average Bonchev–Trinajstić information content (AvgIpc) is 2.49. The molecule has 0 aromatic heterocycles. The van der Waals surface area contributed by atoms with E-state index in [4.69, 9.17) is 0 Å². The lowest BCUT2D eigenvalue weighted by molar-refractivity contribution is -0.132. The zero-order chi connectivity index (χ0) is 15.3. The molecule has 1 unspecified atom stereocenters. The summed E-state index contributed by atoms with van der Waals surface area (Å²) in [5.74, 6) is -0.123. The molecule has 1 aromatic carbocycles. The summed E-state index contributed by atoms with van der Waals surface area (Å²) < 4.78 is 13.5. The number of hydrogen-bond donors (Lipinski definition) is 2. The van der Waals surface area contributed by atoms with E-state index >= 15 is 0 Å². The Bertz CT molecular complexity index is 490. The highest BCUT2D eigenvalue weighted by Crippen LogP contribution is 2.32. The van der Waals surface area contributed by atoms with Crippen LogP contribution in [0.25, 0.3) is 0 Å². The van der Waals surface area contributed by atoms with Crippen molar-refractivity contribution in [3.05, 3.63) is 35.1 Å². The van der Waals surface area contributed by atoms with Gasteiger partial charge in [0.2, 0.25) is 5.91 Å². The lowest BCUT2D eigenvalue weighted by Gasteiger charge is -2.36. The minimum absolute atomic E-state index is 0.0949. The number of aryl methyl sites for hydroxylation is 1. The van der Waals surface area contributed by atoms with Crippen LogP contribution in [0.4, 0.5) is 4.39 Å². The molecule has 0 bridgehead atoms. The molecule has 2 rings (SSSR count). The SMILES string of the molecule is CCCC1(C(=O)NCc2ccc(C)c(F)c2)CCCNC1. The molecule has 1 fully saturated rings. The fraction of sp³-hybridized carbons (Fsp3) is 0.588. The van der Waals surface area contributed by atoms with Gasteiger partial charge in [-0.1, -0.05) is 25.5 Å². The first-order valence-corrected chi connectivity index (χ1v) is 7.81. The van der Waals surface area contributed by atoms with Crippen LogP contribution in [0.15, 0.2) is 18.2 Å². The van der Waals surface area contributed by atoms with Crippen LogP contribution in [0, 0.1) is 18.2 Å². The van der Waals surface area contributed by atoms with Gasteiger partial charge in [-0.15, -0.1) is 0 Å². The predicted molar refractivity (Wildman–Crippen MR) is 82.4 cm³/mol. The maximum absolute atomic E-state index is 13.5. The molecule has 1 saturated heterocycles. The van der Waals surface area contributed by atoms with E-state index in [-0.39, 0.29) is 17.1 Å². The molecule has 1 aliphatic rings. The Hall–Kier alpha value is -1.42. The van der Waals surface area contributed by atoms with Crippen molar-refractivity contribution in [2.75, 3.05) is 13.1 Å². The van der Waals surface area contributed by atoms with Crippen molar-refractivity contribution < 1.29 is 9.18 Å². The second kappa shape index (κ2) is 7.03. The number of halogens is 1. The lowest BCUT2D eigenvalue weighted by atomic mass is 9.76. The number of benzene rings is 1. The van der Waals surface area contributed by atoms with Crippen LogP contribution in [-0.2, 0) is 11.3 Å². The highest BCUT2D eigenvalue weighted by Gasteiger charge is 2.38. The molecule has 0 radical (unpaired) electrons. The van der Waals surface area contributed by atoms with Gasteiger partial charge in [-0.3, -0.25) is 4.79 Å². The van der Waals surface area contributed by atoms with Crippen molar-refractivity contribution in [3.8, 4) is 0 Å². The van der Waals surface area contributed by atoms with E-state index in [0.29, 0.717) is 12.1 Å². The second-order valence-electron chi connectivity index (χ2n) is 6.08. The molecule has 116 valence electrons. The van der Waals surface area contributed by atoms with Gasteiger partial charge >= 0.3 is 0 Å². The molecular weight excluding hydrogens is 267 g/mol. The van der Waals surface area contributed by atoms with Crippen molar-refractivity contribution in [1.29, 1.82) is 0 Å². The smallest absolute Gasteiger partial charge is 0.227 e. The van der Waals surface area contributed by atoms with E-state index < -0.39 is 0 Å². The summed E-state index contributed by atoms with van der Waals surface area (Å²) >= 11 is 0. The van der Waals surface area contributed by atoms with E-state index in [0.717, 1.165) is 44.3 Å². The number of rotatable bonds is 5. The maximum atomic E-state index is 13.5. The predicted octanol–water partition coefficient (Wildman–Crippen LogP) is 2.92. The van der Waals surface area contributed by atoms with Crippen molar-refractivity contribution in [2.24, 2.45) is 5.41 Å². The number of carbonyl (C=O) groups excluding carboxylic acids is 1. The number of amides is 1. The Morgan fingerprint density at radius 1 is 1.48 bits per heavy atom. The summed E-state index contributed by atoms with van der Waals surface area (Å²) in [5.41, 5.74) is 1.14. The van der Waals surface area contributed by atoms with Crippen LogP contribution in [-0.4, -0.2) is 19.0 Å². The largest absolute Gasteiger partial charge is 0.352 e. The molecule has 1 atom stereocenters. The summed E-state index contributed by atoms with van der Waals surface area (Å²) in [5, 5.41) is 6.33.